The molecule has 0 amide bonds. The molecule has 0 N–H and O–H groups in total. The first-order valence-electron chi connectivity index (χ1n) is 9.16. The fourth-order valence-corrected chi connectivity index (χ4v) is 3.92. The second kappa shape index (κ2) is 9.39. The minimum atomic E-state index is 0.770. The van der Waals surface area contributed by atoms with Crippen molar-refractivity contribution in [3.63, 3.8) is 0 Å². The Morgan fingerprint density at radius 3 is 2.50 bits per heavy atom. The van der Waals surface area contributed by atoms with E-state index in [1.807, 2.05) is 37.3 Å². The van der Waals surface area contributed by atoms with Crippen LogP contribution in [0.25, 0.3) is 10.2 Å². The Hall–Kier alpha value is -2.33. The fraction of sp³-hybridized carbons (Fsp3) is 0.318. The summed E-state index contributed by atoms with van der Waals surface area (Å²) < 4.78 is 15.1. The summed E-state index contributed by atoms with van der Waals surface area (Å²) in [5.41, 5.74) is 1.24. The van der Waals surface area contributed by atoms with Crippen LogP contribution < -0.4 is 9.30 Å². The maximum absolute atomic E-state index is 6.17. The number of benzene rings is 2. The van der Waals surface area contributed by atoms with Gasteiger partial charge in [0.15, 0.2) is 6.54 Å². The number of aromatic nitrogens is 1. The van der Waals surface area contributed by atoms with E-state index in [-0.39, 0.29) is 0 Å². The van der Waals surface area contributed by atoms with Gasteiger partial charge in [-0.3, -0.25) is 0 Å². The van der Waals surface area contributed by atoms with Gasteiger partial charge in [-0.05, 0) is 55.7 Å². The number of ether oxygens (including phenoxy) is 2. The lowest BCUT2D eigenvalue weighted by Crippen LogP contribution is -2.33. The molecule has 3 nitrogen and oxygen atoms in total. The van der Waals surface area contributed by atoms with E-state index >= 15 is 0 Å². The van der Waals surface area contributed by atoms with Crippen LogP contribution in [0, 0.1) is 0 Å². The standard InChI is InChI=1S/C22H26NO2S/c1-18(2)24-17-11-4-3-10-16-23-20-14-8-9-15-21(20)26-22(23)25-19-12-6-5-7-13-19/h5-9,12-15H,1,3-4,10-11,16-17H2,2H3/q+1. The number of unbranched alkanes of at least 4 members (excludes halogenated alkanes) is 3. The van der Waals surface area contributed by atoms with Crippen LogP contribution in [0.15, 0.2) is 66.9 Å². The molecule has 0 atom stereocenters. The first-order chi connectivity index (χ1) is 12.7. The molecule has 1 heterocycles. The maximum Gasteiger partial charge on any atom is 0.436 e. The molecular weight excluding hydrogens is 342 g/mol. The zero-order valence-corrected chi connectivity index (χ0v) is 16.1. The van der Waals surface area contributed by atoms with Gasteiger partial charge in [0.1, 0.15) is 10.4 Å². The second-order valence-corrected chi connectivity index (χ2v) is 7.36. The Labute approximate surface area is 159 Å². The minimum absolute atomic E-state index is 0.770. The van der Waals surface area contributed by atoms with E-state index in [9.17, 15) is 0 Å². The summed E-state index contributed by atoms with van der Waals surface area (Å²) in [6, 6.07) is 18.5. The highest BCUT2D eigenvalue weighted by Crippen LogP contribution is 2.29. The van der Waals surface area contributed by atoms with Gasteiger partial charge < -0.3 is 9.47 Å². The van der Waals surface area contributed by atoms with Crippen LogP contribution >= 0.6 is 11.3 Å². The van der Waals surface area contributed by atoms with Gasteiger partial charge >= 0.3 is 5.19 Å². The molecule has 0 unspecified atom stereocenters. The van der Waals surface area contributed by atoms with Crippen LogP contribution in [-0.2, 0) is 11.3 Å². The second-order valence-electron chi connectivity index (χ2n) is 6.37. The summed E-state index contributed by atoms with van der Waals surface area (Å²) in [5.74, 6) is 1.68. The summed E-state index contributed by atoms with van der Waals surface area (Å²) in [7, 11) is 0. The number of aryl methyl sites for hydroxylation is 1. The smallest absolute Gasteiger partial charge is 0.436 e. The number of rotatable bonds is 10. The van der Waals surface area contributed by atoms with Crippen LogP contribution in [0.2, 0.25) is 0 Å². The highest BCUT2D eigenvalue weighted by atomic mass is 32.1. The zero-order valence-electron chi connectivity index (χ0n) is 15.3. The van der Waals surface area contributed by atoms with Gasteiger partial charge in [-0.25, -0.2) is 0 Å². The first kappa shape index (κ1) is 18.5. The van der Waals surface area contributed by atoms with Gasteiger partial charge in [0.05, 0.1) is 12.4 Å². The number of nitrogens with zero attached hydrogens (tertiary/aromatic N) is 1. The molecule has 0 fully saturated rings. The molecule has 1 aromatic heterocycles. The van der Waals surface area contributed by atoms with Crippen LogP contribution in [0.3, 0.4) is 0 Å². The molecule has 26 heavy (non-hydrogen) atoms. The van der Waals surface area contributed by atoms with Crippen molar-refractivity contribution >= 4 is 21.6 Å². The molecule has 3 aromatic rings. The van der Waals surface area contributed by atoms with Crippen LogP contribution in [0.5, 0.6) is 10.9 Å². The van der Waals surface area contributed by atoms with Crippen LogP contribution in [-0.4, -0.2) is 6.61 Å². The highest BCUT2D eigenvalue weighted by molar-refractivity contribution is 7.19. The molecule has 136 valence electrons. The predicted molar refractivity (Wildman–Crippen MR) is 108 cm³/mol. The highest BCUT2D eigenvalue weighted by Gasteiger charge is 2.22. The lowest BCUT2D eigenvalue weighted by molar-refractivity contribution is -0.671. The van der Waals surface area contributed by atoms with E-state index in [2.05, 4.69) is 35.4 Å². The van der Waals surface area contributed by atoms with Gasteiger partial charge in [-0.15, -0.1) is 4.57 Å². The molecular formula is C22H26NO2S+. The molecule has 2 aromatic carbocycles. The minimum Gasteiger partial charge on any atom is -0.499 e. The Morgan fingerprint density at radius 1 is 0.962 bits per heavy atom. The van der Waals surface area contributed by atoms with E-state index < -0.39 is 0 Å². The van der Waals surface area contributed by atoms with Crippen molar-refractivity contribution in [2.24, 2.45) is 0 Å². The molecule has 4 heteroatoms. The fourth-order valence-electron chi connectivity index (χ4n) is 2.86. The average molecular weight is 369 g/mol. The third-order valence-electron chi connectivity index (χ3n) is 4.15. The van der Waals surface area contributed by atoms with Crippen LogP contribution in [0.1, 0.15) is 32.6 Å². The largest absolute Gasteiger partial charge is 0.499 e. The Kier molecular flexibility index (Phi) is 6.67. The topological polar surface area (TPSA) is 22.3 Å². The molecule has 0 aliphatic carbocycles. The summed E-state index contributed by atoms with van der Waals surface area (Å²) in [4.78, 5) is 0. The summed E-state index contributed by atoms with van der Waals surface area (Å²) >= 11 is 1.70. The lowest BCUT2D eigenvalue weighted by atomic mass is 10.2. The number of para-hydroxylation sites is 2. The van der Waals surface area contributed by atoms with Gasteiger partial charge in [0.2, 0.25) is 5.52 Å². The number of hydrogen-bond acceptors (Lipinski definition) is 3. The molecule has 0 bridgehead atoms. The Bertz CT molecular complexity index is 842. The number of allylic oxidation sites excluding steroid dienone is 1. The molecule has 0 aliphatic rings. The number of fused-ring (bicyclic) bond motifs is 1. The normalized spacial score (nSPS) is 10.8. The Balaban J connectivity index is 1.62. The van der Waals surface area contributed by atoms with Crippen molar-refractivity contribution in [2.45, 2.75) is 39.2 Å². The lowest BCUT2D eigenvalue weighted by Gasteiger charge is -2.04. The van der Waals surface area contributed by atoms with Crippen molar-refractivity contribution in [3.8, 4) is 10.9 Å². The Morgan fingerprint density at radius 2 is 1.69 bits per heavy atom. The van der Waals surface area contributed by atoms with E-state index in [0.29, 0.717) is 0 Å². The quantitative estimate of drug-likeness (QED) is 0.245. The van der Waals surface area contributed by atoms with Crippen molar-refractivity contribution in [1.82, 2.24) is 0 Å². The first-order valence-corrected chi connectivity index (χ1v) is 9.98. The summed E-state index contributed by atoms with van der Waals surface area (Å²) in [6.45, 7) is 7.39. The molecule has 0 spiro atoms. The van der Waals surface area contributed by atoms with Gasteiger partial charge in [0.25, 0.3) is 0 Å². The van der Waals surface area contributed by atoms with Gasteiger partial charge in [-0.2, -0.15) is 0 Å². The van der Waals surface area contributed by atoms with Crippen molar-refractivity contribution < 1.29 is 14.0 Å². The monoisotopic (exact) mass is 368 g/mol. The SMILES string of the molecule is C=C(C)OCCCCCC[n+]1c(Oc2ccccc2)sc2ccccc21. The van der Waals surface area contributed by atoms with Crippen molar-refractivity contribution in [1.29, 1.82) is 0 Å². The van der Waals surface area contributed by atoms with Crippen LogP contribution in [0.4, 0.5) is 0 Å². The summed E-state index contributed by atoms with van der Waals surface area (Å²) in [6.07, 6.45) is 4.56. The zero-order chi connectivity index (χ0) is 18.2. The molecule has 3 rings (SSSR count). The maximum atomic E-state index is 6.17. The van der Waals surface area contributed by atoms with E-state index in [4.69, 9.17) is 9.47 Å². The third-order valence-corrected chi connectivity index (χ3v) is 5.19. The molecule has 0 saturated carbocycles. The van der Waals surface area contributed by atoms with E-state index in [1.54, 1.807) is 11.3 Å². The van der Waals surface area contributed by atoms with Gasteiger partial charge in [0, 0.05) is 12.5 Å². The molecule has 0 saturated heterocycles. The summed E-state index contributed by atoms with van der Waals surface area (Å²) in [5, 5.41) is 0.947. The predicted octanol–water partition coefficient (Wildman–Crippen LogP) is 6.09. The van der Waals surface area contributed by atoms with E-state index in [1.165, 1.54) is 23.1 Å². The molecule has 0 aliphatic heterocycles. The molecule has 0 radical (unpaired) electrons. The average Bonchev–Trinajstić information content (AvgIpc) is 2.99. The van der Waals surface area contributed by atoms with E-state index in [0.717, 1.165) is 42.7 Å². The third kappa shape index (κ3) is 5.09. The van der Waals surface area contributed by atoms with Gasteiger partial charge in [-0.1, -0.05) is 36.9 Å². The number of thiazole rings is 1. The number of hydrogen-bond donors (Lipinski definition) is 0. The van der Waals surface area contributed by atoms with Crippen molar-refractivity contribution in [2.75, 3.05) is 6.61 Å². The van der Waals surface area contributed by atoms with Crippen molar-refractivity contribution in [3.05, 3.63) is 66.9 Å².